The number of anilines is 1. The van der Waals surface area contributed by atoms with Crippen LogP contribution in [0.2, 0.25) is 0 Å². The fraction of sp³-hybridized carbons (Fsp3) is 0.300. The minimum atomic E-state index is 0.556. The van der Waals surface area contributed by atoms with E-state index in [1.165, 1.54) is 24.8 Å². The molecule has 24 heavy (non-hydrogen) atoms. The van der Waals surface area contributed by atoms with E-state index in [9.17, 15) is 0 Å². The molecule has 0 amide bonds. The van der Waals surface area contributed by atoms with Gasteiger partial charge >= 0.3 is 0 Å². The standard InChI is InChI=1S/C20H22N4/c21-13-15-5-4-6-16(11-15)17-7-8-18-19(12-17)23-20(14-22-18)24-9-2-1-3-10-24/h4-8,11-12,14H,1-3,9-10,13,21H2. The normalized spacial score (nSPS) is 15.0. The zero-order valence-electron chi connectivity index (χ0n) is 13.8. The largest absolute Gasteiger partial charge is 0.355 e. The molecule has 0 unspecified atom stereocenters. The zero-order chi connectivity index (χ0) is 16.4. The van der Waals surface area contributed by atoms with Crippen molar-refractivity contribution in [1.82, 2.24) is 9.97 Å². The van der Waals surface area contributed by atoms with Crippen molar-refractivity contribution >= 4 is 16.9 Å². The molecule has 122 valence electrons. The summed E-state index contributed by atoms with van der Waals surface area (Å²) in [6.07, 6.45) is 5.71. The van der Waals surface area contributed by atoms with Crippen molar-refractivity contribution in [1.29, 1.82) is 0 Å². The fourth-order valence-electron chi connectivity index (χ4n) is 3.33. The first kappa shape index (κ1) is 15.1. The highest BCUT2D eigenvalue weighted by Gasteiger charge is 2.13. The lowest BCUT2D eigenvalue weighted by Gasteiger charge is -2.27. The number of aromatic nitrogens is 2. The number of hydrogen-bond acceptors (Lipinski definition) is 4. The summed E-state index contributed by atoms with van der Waals surface area (Å²) in [4.78, 5) is 11.8. The van der Waals surface area contributed by atoms with E-state index < -0.39 is 0 Å². The Bertz CT molecular complexity index is 853. The number of nitrogens with zero attached hydrogens (tertiary/aromatic N) is 3. The highest BCUT2D eigenvalue weighted by Crippen LogP contribution is 2.25. The third-order valence-electron chi connectivity index (χ3n) is 4.71. The summed E-state index contributed by atoms with van der Waals surface area (Å²) in [6, 6.07) is 14.6. The van der Waals surface area contributed by atoms with Gasteiger partial charge in [0.1, 0.15) is 5.82 Å². The summed E-state index contributed by atoms with van der Waals surface area (Å²) in [5, 5.41) is 0. The molecule has 4 heteroatoms. The van der Waals surface area contributed by atoms with Crippen LogP contribution in [0.15, 0.2) is 48.7 Å². The van der Waals surface area contributed by atoms with Crippen molar-refractivity contribution in [3.05, 3.63) is 54.2 Å². The molecule has 1 saturated heterocycles. The Morgan fingerprint density at radius 3 is 2.58 bits per heavy atom. The monoisotopic (exact) mass is 318 g/mol. The molecular formula is C20H22N4. The second kappa shape index (κ2) is 6.57. The Labute approximate surface area is 142 Å². The average molecular weight is 318 g/mol. The summed E-state index contributed by atoms with van der Waals surface area (Å²) >= 11 is 0. The van der Waals surface area contributed by atoms with Gasteiger partial charge in [-0.15, -0.1) is 0 Å². The van der Waals surface area contributed by atoms with Gasteiger partial charge in [-0.25, -0.2) is 4.98 Å². The van der Waals surface area contributed by atoms with Crippen LogP contribution in [0.3, 0.4) is 0 Å². The Morgan fingerprint density at radius 2 is 1.75 bits per heavy atom. The summed E-state index contributed by atoms with van der Waals surface area (Å²) in [5.74, 6) is 0.995. The molecular weight excluding hydrogens is 296 g/mol. The van der Waals surface area contributed by atoms with Crippen molar-refractivity contribution < 1.29 is 0 Å². The van der Waals surface area contributed by atoms with E-state index in [4.69, 9.17) is 10.7 Å². The van der Waals surface area contributed by atoms with Crippen molar-refractivity contribution in [2.24, 2.45) is 5.73 Å². The quantitative estimate of drug-likeness (QED) is 0.799. The molecule has 1 aromatic heterocycles. The number of rotatable bonds is 3. The number of nitrogens with two attached hydrogens (primary N) is 1. The van der Waals surface area contributed by atoms with Gasteiger partial charge in [0, 0.05) is 19.6 Å². The van der Waals surface area contributed by atoms with Crippen LogP contribution in [0.5, 0.6) is 0 Å². The minimum Gasteiger partial charge on any atom is -0.355 e. The van der Waals surface area contributed by atoms with E-state index in [0.29, 0.717) is 6.54 Å². The van der Waals surface area contributed by atoms with Crippen LogP contribution in [0.25, 0.3) is 22.2 Å². The van der Waals surface area contributed by atoms with E-state index in [1.54, 1.807) is 0 Å². The van der Waals surface area contributed by atoms with Crippen LogP contribution in [0.1, 0.15) is 24.8 Å². The van der Waals surface area contributed by atoms with E-state index in [0.717, 1.165) is 41.1 Å². The molecule has 0 aliphatic carbocycles. The first-order valence-electron chi connectivity index (χ1n) is 8.64. The second-order valence-corrected chi connectivity index (χ2v) is 6.38. The first-order valence-corrected chi connectivity index (χ1v) is 8.64. The summed E-state index contributed by atoms with van der Waals surface area (Å²) in [5.41, 5.74) is 11.1. The van der Waals surface area contributed by atoms with Gasteiger partial charge in [0.05, 0.1) is 17.2 Å². The lowest BCUT2D eigenvalue weighted by molar-refractivity contribution is 0.573. The van der Waals surface area contributed by atoms with Crippen LogP contribution < -0.4 is 10.6 Å². The van der Waals surface area contributed by atoms with Crippen LogP contribution in [0, 0.1) is 0 Å². The molecule has 3 aromatic rings. The predicted octanol–water partition coefficient (Wildman–Crippen LogP) is 3.75. The summed E-state index contributed by atoms with van der Waals surface area (Å²) < 4.78 is 0. The Kier molecular flexibility index (Phi) is 4.13. The van der Waals surface area contributed by atoms with Crippen LogP contribution >= 0.6 is 0 Å². The van der Waals surface area contributed by atoms with Crippen molar-refractivity contribution in [2.45, 2.75) is 25.8 Å². The fourth-order valence-corrected chi connectivity index (χ4v) is 3.33. The molecule has 0 spiro atoms. The van der Waals surface area contributed by atoms with Gasteiger partial charge in [0.15, 0.2) is 0 Å². The van der Waals surface area contributed by atoms with Crippen molar-refractivity contribution in [3.8, 4) is 11.1 Å². The summed E-state index contributed by atoms with van der Waals surface area (Å²) in [7, 11) is 0. The smallest absolute Gasteiger partial charge is 0.147 e. The number of benzene rings is 2. The Hall–Kier alpha value is -2.46. The lowest BCUT2D eigenvalue weighted by Crippen LogP contribution is -2.30. The minimum absolute atomic E-state index is 0.556. The highest BCUT2D eigenvalue weighted by molar-refractivity contribution is 5.82. The van der Waals surface area contributed by atoms with E-state index in [1.807, 2.05) is 12.3 Å². The van der Waals surface area contributed by atoms with Gasteiger partial charge in [0.25, 0.3) is 0 Å². The maximum absolute atomic E-state index is 5.76. The molecule has 0 atom stereocenters. The molecule has 2 aromatic carbocycles. The molecule has 4 rings (SSSR count). The third-order valence-corrected chi connectivity index (χ3v) is 4.71. The average Bonchev–Trinajstić information content (AvgIpc) is 2.68. The van der Waals surface area contributed by atoms with Gasteiger partial charge in [-0.05, 0) is 54.2 Å². The van der Waals surface area contributed by atoms with Gasteiger partial charge in [0.2, 0.25) is 0 Å². The Balaban J connectivity index is 1.72. The second-order valence-electron chi connectivity index (χ2n) is 6.38. The lowest BCUT2D eigenvalue weighted by atomic mass is 10.0. The SMILES string of the molecule is NCc1cccc(-c2ccc3ncc(N4CCCCC4)nc3c2)c1. The molecule has 4 nitrogen and oxygen atoms in total. The van der Waals surface area contributed by atoms with Gasteiger partial charge in [-0.3, -0.25) is 4.98 Å². The number of hydrogen-bond donors (Lipinski definition) is 1. The van der Waals surface area contributed by atoms with E-state index in [-0.39, 0.29) is 0 Å². The van der Waals surface area contributed by atoms with Gasteiger partial charge in [-0.1, -0.05) is 24.3 Å². The molecule has 2 heterocycles. The maximum Gasteiger partial charge on any atom is 0.147 e. The molecule has 1 fully saturated rings. The molecule has 0 saturated carbocycles. The predicted molar refractivity (Wildman–Crippen MR) is 98.9 cm³/mol. The topological polar surface area (TPSA) is 55.0 Å². The molecule has 0 radical (unpaired) electrons. The highest BCUT2D eigenvalue weighted by atomic mass is 15.2. The van der Waals surface area contributed by atoms with E-state index >= 15 is 0 Å². The Morgan fingerprint density at radius 1 is 0.917 bits per heavy atom. The molecule has 0 bridgehead atoms. The summed E-state index contributed by atoms with van der Waals surface area (Å²) in [6.45, 7) is 2.72. The first-order chi connectivity index (χ1) is 11.8. The zero-order valence-corrected chi connectivity index (χ0v) is 13.8. The number of fused-ring (bicyclic) bond motifs is 1. The van der Waals surface area contributed by atoms with Crippen LogP contribution in [-0.2, 0) is 6.54 Å². The van der Waals surface area contributed by atoms with Gasteiger partial charge in [-0.2, -0.15) is 0 Å². The maximum atomic E-state index is 5.76. The third kappa shape index (κ3) is 2.97. The van der Waals surface area contributed by atoms with Crippen molar-refractivity contribution in [3.63, 3.8) is 0 Å². The molecule has 1 aliphatic rings. The molecule has 1 aliphatic heterocycles. The van der Waals surface area contributed by atoms with Gasteiger partial charge < -0.3 is 10.6 Å². The molecule has 2 N–H and O–H groups in total. The number of piperidine rings is 1. The van der Waals surface area contributed by atoms with Crippen LogP contribution in [-0.4, -0.2) is 23.1 Å². The van der Waals surface area contributed by atoms with Crippen LogP contribution in [0.4, 0.5) is 5.82 Å². The van der Waals surface area contributed by atoms with Crippen molar-refractivity contribution in [2.75, 3.05) is 18.0 Å². The van der Waals surface area contributed by atoms with E-state index in [2.05, 4.69) is 46.3 Å².